The molecule has 0 aliphatic carbocycles. The lowest BCUT2D eigenvalue weighted by atomic mass is 10.1. The van der Waals surface area contributed by atoms with Crippen LogP contribution in [0.15, 0.2) is 67.3 Å². The lowest BCUT2D eigenvalue weighted by Gasteiger charge is -2.22. The highest BCUT2D eigenvalue weighted by molar-refractivity contribution is 5.98. The first kappa shape index (κ1) is 17.7. The molecule has 2 aromatic carbocycles. The molecule has 1 fully saturated rings. The number of carbonyl (C=O) groups is 2. The van der Waals surface area contributed by atoms with Crippen LogP contribution in [-0.2, 0) is 6.42 Å². The summed E-state index contributed by atoms with van der Waals surface area (Å²) in [6, 6.07) is 17.2. The Hall–Kier alpha value is -3.08. The van der Waals surface area contributed by atoms with Crippen molar-refractivity contribution >= 4 is 17.6 Å². The van der Waals surface area contributed by atoms with E-state index >= 15 is 0 Å². The van der Waals surface area contributed by atoms with Gasteiger partial charge in [0.1, 0.15) is 0 Å². The molecule has 1 heterocycles. The van der Waals surface area contributed by atoms with Crippen LogP contribution in [-0.4, -0.2) is 43.0 Å². The summed E-state index contributed by atoms with van der Waals surface area (Å²) in [5, 5.41) is 2.78. The molecule has 1 N–H and O–H groups in total. The van der Waals surface area contributed by atoms with Gasteiger partial charge in [-0.2, -0.15) is 0 Å². The third kappa shape index (κ3) is 4.11. The van der Waals surface area contributed by atoms with E-state index in [2.05, 4.69) is 24.0 Å². The molecule has 0 bridgehead atoms. The van der Waals surface area contributed by atoms with Gasteiger partial charge in [0, 0.05) is 37.4 Å². The zero-order chi connectivity index (χ0) is 18.4. The zero-order valence-electron chi connectivity index (χ0n) is 14.7. The molecule has 3 rings (SSSR count). The van der Waals surface area contributed by atoms with E-state index < -0.39 is 0 Å². The van der Waals surface area contributed by atoms with E-state index in [-0.39, 0.29) is 11.9 Å². The molecule has 1 aliphatic rings. The number of hydrogen-bond donors (Lipinski definition) is 1. The van der Waals surface area contributed by atoms with E-state index in [0.29, 0.717) is 31.7 Å². The summed E-state index contributed by atoms with van der Waals surface area (Å²) < 4.78 is 0. The quantitative estimate of drug-likeness (QED) is 0.781. The number of hydrogen-bond acceptors (Lipinski definition) is 2. The van der Waals surface area contributed by atoms with Crippen molar-refractivity contribution in [2.24, 2.45) is 0 Å². The Morgan fingerprint density at radius 1 is 1.19 bits per heavy atom. The largest absolute Gasteiger partial charge is 0.336 e. The molecular formula is C21H23N3O2. The van der Waals surface area contributed by atoms with Gasteiger partial charge in [-0.1, -0.05) is 42.5 Å². The van der Waals surface area contributed by atoms with Crippen molar-refractivity contribution in [3.63, 3.8) is 0 Å². The molecule has 0 unspecified atom stereocenters. The number of nitrogens with zero attached hydrogens (tertiary/aromatic N) is 2. The molecule has 0 spiro atoms. The molecule has 5 nitrogen and oxygen atoms in total. The van der Waals surface area contributed by atoms with Crippen molar-refractivity contribution in [3.8, 4) is 0 Å². The lowest BCUT2D eigenvalue weighted by molar-refractivity contribution is 0.0775. The van der Waals surface area contributed by atoms with Gasteiger partial charge in [-0.05, 0) is 30.2 Å². The Bertz CT molecular complexity index is 789. The number of urea groups is 1. The smallest absolute Gasteiger partial charge is 0.321 e. The predicted molar refractivity (Wildman–Crippen MR) is 103 cm³/mol. The minimum Gasteiger partial charge on any atom is -0.336 e. The summed E-state index contributed by atoms with van der Waals surface area (Å²) in [4.78, 5) is 28.3. The van der Waals surface area contributed by atoms with Gasteiger partial charge >= 0.3 is 6.03 Å². The van der Waals surface area contributed by atoms with E-state index in [0.717, 1.165) is 12.1 Å². The second kappa shape index (κ2) is 8.34. The molecule has 0 saturated carbocycles. The Labute approximate surface area is 153 Å². The molecule has 1 aliphatic heterocycles. The number of anilines is 1. The summed E-state index contributed by atoms with van der Waals surface area (Å²) in [6.45, 7) is 6.10. The molecular weight excluding hydrogens is 326 g/mol. The van der Waals surface area contributed by atoms with Gasteiger partial charge in [0.05, 0.1) is 0 Å². The third-order valence-electron chi connectivity index (χ3n) is 4.41. The van der Waals surface area contributed by atoms with Crippen LogP contribution < -0.4 is 10.2 Å². The maximum absolute atomic E-state index is 13.0. The zero-order valence-corrected chi connectivity index (χ0v) is 14.7. The number of rotatable bonds is 7. The van der Waals surface area contributed by atoms with E-state index in [1.807, 2.05) is 30.3 Å². The molecule has 0 atom stereocenters. The third-order valence-corrected chi connectivity index (χ3v) is 4.41. The second-order valence-corrected chi connectivity index (χ2v) is 6.21. The summed E-state index contributed by atoms with van der Waals surface area (Å²) >= 11 is 0. The Morgan fingerprint density at radius 2 is 2.00 bits per heavy atom. The second-order valence-electron chi connectivity index (χ2n) is 6.21. The predicted octanol–water partition coefficient (Wildman–Crippen LogP) is 3.09. The Balaban J connectivity index is 1.74. The fourth-order valence-corrected chi connectivity index (χ4v) is 3.05. The molecule has 0 radical (unpaired) electrons. The van der Waals surface area contributed by atoms with Crippen molar-refractivity contribution in [2.45, 2.75) is 6.42 Å². The van der Waals surface area contributed by atoms with Crippen LogP contribution in [0.4, 0.5) is 10.5 Å². The Morgan fingerprint density at radius 3 is 2.69 bits per heavy atom. The van der Waals surface area contributed by atoms with E-state index in [1.54, 1.807) is 28.0 Å². The average molecular weight is 349 g/mol. The van der Waals surface area contributed by atoms with Crippen LogP contribution >= 0.6 is 0 Å². The number of carbonyl (C=O) groups excluding carboxylic acids is 2. The number of nitrogens with one attached hydrogen (secondary N) is 1. The molecule has 1 saturated heterocycles. The van der Waals surface area contributed by atoms with Crippen LogP contribution in [0.25, 0.3) is 0 Å². The fourth-order valence-electron chi connectivity index (χ4n) is 3.05. The molecule has 26 heavy (non-hydrogen) atoms. The molecule has 5 heteroatoms. The first-order valence-electron chi connectivity index (χ1n) is 8.78. The molecule has 2 aromatic rings. The maximum Gasteiger partial charge on any atom is 0.321 e. The molecule has 134 valence electrons. The van der Waals surface area contributed by atoms with Gasteiger partial charge in [-0.3, -0.25) is 9.69 Å². The monoisotopic (exact) mass is 349 g/mol. The topological polar surface area (TPSA) is 52.7 Å². The standard InChI is InChI=1S/C21H23N3O2/c1-2-13-23(14-11-17-7-4-3-5-8-17)20(25)18-9-6-10-19(16-18)24-15-12-22-21(24)26/h2-10,16H,1,11-15H2,(H,22,26). The summed E-state index contributed by atoms with van der Waals surface area (Å²) in [5.41, 5.74) is 2.52. The van der Waals surface area contributed by atoms with E-state index in [9.17, 15) is 9.59 Å². The van der Waals surface area contributed by atoms with Crippen LogP contribution in [0.5, 0.6) is 0 Å². The highest BCUT2D eigenvalue weighted by Crippen LogP contribution is 2.19. The highest BCUT2D eigenvalue weighted by atomic mass is 16.2. The normalized spacial score (nSPS) is 13.4. The van der Waals surface area contributed by atoms with Crippen molar-refractivity contribution < 1.29 is 9.59 Å². The SMILES string of the molecule is C=CCN(CCc1ccccc1)C(=O)c1cccc(N2CCNC2=O)c1. The Kier molecular flexibility index (Phi) is 5.69. The van der Waals surface area contributed by atoms with E-state index in [4.69, 9.17) is 0 Å². The minimum absolute atomic E-state index is 0.0534. The first-order valence-corrected chi connectivity index (χ1v) is 8.78. The lowest BCUT2D eigenvalue weighted by Crippen LogP contribution is -2.33. The number of benzene rings is 2. The van der Waals surface area contributed by atoms with Crippen molar-refractivity contribution in [1.29, 1.82) is 0 Å². The minimum atomic E-state index is -0.123. The van der Waals surface area contributed by atoms with Crippen molar-refractivity contribution in [2.75, 3.05) is 31.1 Å². The van der Waals surface area contributed by atoms with E-state index in [1.165, 1.54) is 5.56 Å². The number of amides is 3. The van der Waals surface area contributed by atoms with Crippen molar-refractivity contribution in [1.82, 2.24) is 10.2 Å². The van der Waals surface area contributed by atoms with Crippen LogP contribution in [0.1, 0.15) is 15.9 Å². The summed E-state index contributed by atoms with van der Waals surface area (Å²) in [7, 11) is 0. The fraction of sp³-hybridized carbons (Fsp3) is 0.238. The van der Waals surface area contributed by atoms with Gasteiger partial charge < -0.3 is 10.2 Å². The van der Waals surface area contributed by atoms with Gasteiger partial charge in [-0.25, -0.2) is 4.79 Å². The van der Waals surface area contributed by atoms with Gasteiger partial charge in [0.15, 0.2) is 0 Å². The van der Waals surface area contributed by atoms with Crippen molar-refractivity contribution in [3.05, 3.63) is 78.4 Å². The van der Waals surface area contributed by atoms with Gasteiger partial charge in [0.25, 0.3) is 5.91 Å². The maximum atomic E-state index is 13.0. The van der Waals surface area contributed by atoms with Crippen LogP contribution in [0.3, 0.4) is 0 Å². The summed E-state index contributed by atoms with van der Waals surface area (Å²) in [5.74, 6) is -0.0534. The van der Waals surface area contributed by atoms with Gasteiger partial charge in [-0.15, -0.1) is 6.58 Å². The van der Waals surface area contributed by atoms with Crippen LogP contribution in [0.2, 0.25) is 0 Å². The first-order chi connectivity index (χ1) is 12.7. The average Bonchev–Trinajstić information content (AvgIpc) is 3.11. The summed E-state index contributed by atoms with van der Waals surface area (Å²) in [6.07, 6.45) is 2.52. The molecule has 3 amide bonds. The molecule has 0 aromatic heterocycles. The van der Waals surface area contributed by atoms with Crippen LogP contribution in [0, 0.1) is 0 Å². The highest BCUT2D eigenvalue weighted by Gasteiger charge is 2.22. The van der Waals surface area contributed by atoms with Gasteiger partial charge in [0.2, 0.25) is 0 Å².